The number of carbonyl (C=O) groups excluding carboxylic acids is 2. The van der Waals surface area contributed by atoms with Crippen LogP contribution >= 0.6 is 0 Å². The number of hydrogen-bond acceptors (Lipinski definition) is 5. The average molecular weight is 293 g/mol. The lowest BCUT2D eigenvalue weighted by atomic mass is 9.95. The molecule has 0 aliphatic carbocycles. The molecule has 1 amide bonds. The van der Waals surface area contributed by atoms with E-state index >= 15 is 0 Å². The molecule has 0 spiro atoms. The highest BCUT2D eigenvalue weighted by molar-refractivity contribution is 5.82. The third kappa shape index (κ3) is 3.40. The fraction of sp³-hybridized carbons (Fsp3) is 0.467. The number of carbonyl (C=O) groups is 2. The summed E-state index contributed by atoms with van der Waals surface area (Å²) in [6.07, 6.45) is 0.729. The molecule has 2 rings (SSSR count). The molecule has 0 aromatic carbocycles. The lowest BCUT2D eigenvalue weighted by Crippen LogP contribution is -2.40. The molecule has 2 aliphatic heterocycles. The van der Waals surface area contributed by atoms with E-state index in [0.717, 1.165) is 5.06 Å². The van der Waals surface area contributed by atoms with Crippen molar-refractivity contribution >= 4 is 11.9 Å². The average Bonchev–Trinajstić information content (AvgIpc) is 2.74. The van der Waals surface area contributed by atoms with E-state index in [0.29, 0.717) is 30.5 Å². The van der Waals surface area contributed by atoms with Crippen molar-refractivity contribution in [3.8, 4) is 0 Å². The van der Waals surface area contributed by atoms with Crippen LogP contribution in [0.2, 0.25) is 0 Å². The van der Waals surface area contributed by atoms with Gasteiger partial charge in [0.05, 0.1) is 18.2 Å². The number of hydroxylamine groups is 2. The van der Waals surface area contributed by atoms with Crippen LogP contribution in [0.3, 0.4) is 0 Å². The Balaban J connectivity index is 1.91. The van der Waals surface area contributed by atoms with Crippen LogP contribution < -0.4 is 0 Å². The van der Waals surface area contributed by atoms with Crippen molar-refractivity contribution in [2.75, 3.05) is 0 Å². The molecule has 6 nitrogen and oxygen atoms in total. The van der Waals surface area contributed by atoms with Gasteiger partial charge in [-0.1, -0.05) is 19.2 Å². The largest absolute Gasteiger partial charge is 0.386 e. The Labute approximate surface area is 123 Å². The number of nitrogens with zero attached hydrogens (tertiary/aromatic N) is 1. The molecule has 0 saturated carbocycles. The van der Waals surface area contributed by atoms with Crippen LogP contribution in [-0.4, -0.2) is 40.4 Å². The van der Waals surface area contributed by atoms with Crippen LogP contribution in [-0.2, 0) is 19.2 Å². The molecule has 6 heteroatoms. The van der Waals surface area contributed by atoms with Gasteiger partial charge in [0.1, 0.15) is 12.2 Å². The topological polar surface area (TPSA) is 76.1 Å². The molecular weight excluding hydrogens is 274 g/mol. The maximum absolute atomic E-state index is 11.9. The van der Waals surface area contributed by atoms with Crippen molar-refractivity contribution in [1.29, 1.82) is 0 Å². The van der Waals surface area contributed by atoms with E-state index in [2.05, 4.69) is 19.7 Å². The lowest BCUT2D eigenvalue weighted by Gasteiger charge is -2.33. The monoisotopic (exact) mass is 293 g/mol. The molecule has 2 fully saturated rings. The predicted molar refractivity (Wildman–Crippen MR) is 74.6 cm³/mol. The normalized spacial score (nSPS) is 29.7. The second-order valence-corrected chi connectivity index (χ2v) is 5.19. The highest BCUT2D eigenvalue weighted by Gasteiger charge is 2.34. The number of allylic oxidation sites excluding steroid dienone is 1. The van der Waals surface area contributed by atoms with Crippen LogP contribution in [0.5, 0.6) is 0 Å². The van der Waals surface area contributed by atoms with E-state index in [9.17, 15) is 14.7 Å². The second-order valence-electron chi connectivity index (χ2n) is 5.19. The molecule has 1 N–H and O–H groups in total. The molecule has 3 atom stereocenters. The summed E-state index contributed by atoms with van der Waals surface area (Å²) in [6.45, 7) is 11.0. The fourth-order valence-electron chi connectivity index (χ4n) is 2.37. The highest BCUT2D eigenvalue weighted by atomic mass is 16.7. The summed E-state index contributed by atoms with van der Waals surface area (Å²) in [7, 11) is 0. The zero-order valence-electron chi connectivity index (χ0n) is 11.8. The maximum Gasteiger partial charge on any atom is 0.335 e. The molecule has 0 aromatic heterocycles. The Hall–Kier alpha value is -1.92. The lowest BCUT2D eigenvalue weighted by molar-refractivity contribution is -0.190. The summed E-state index contributed by atoms with van der Waals surface area (Å²) in [5.41, 5.74) is 1.06. The molecular formula is C15H19NO5. The van der Waals surface area contributed by atoms with Crippen molar-refractivity contribution in [3.05, 3.63) is 37.1 Å². The number of rotatable bonds is 4. The molecule has 21 heavy (non-hydrogen) atoms. The van der Waals surface area contributed by atoms with Crippen molar-refractivity contribution in [3.63, 3.8) is 0 Å². The van der Waals surface area contributed by atoms with Crippen LogP contribution in [0.1, 0.15) is 25.7 Å². The number of amides is 1. The Bertz CT molecular complexity index is 482. The molecule has 0 aromatic rings. The summed E-state index contributed by atoms with van der Waals surface area (Å²) in [5, 5.41) is 10.8. The van der Waals surface area contributed by atoms with Gasteiger partial charge in [0, 0.05) is 6.42 Å². The summed E-state index contributed by atoms with van der Waals surface area (Å²) in [4.78, 5) is 28.4. The number of ether oxygens (including phenoxy) is 1. The van der Waals surface area contributed by atoms with Gasteiger partial charge in [-0.2, -0.15) is 0 Å². The van der Waals surface area contributed by atoms with Crippen molar-refractivity contribution in [1.82, 2.24) is 5.06 Å². The van der Waals surface area contributed by atoms with E-state index < -0.39 is 24.3 Å². The van der Waals surface area contributed by atoms with Crippen molar-refractivity contribution < 1.29 is 24.3 Å². The summed E-state index contributed by atoms with van der Waals surface area (Å²) < 4.78 is 5.55. The van der Waals surface area contributed by atoms with E-state index in [1.165, 1.54) is 6.08 Å². The summed E-state index contributed by atoms with van der Waals surface area (Å²) in [6, 6.07) is 0. The zero-order chi connectivity index (χ0) is 15.6. The highest BCUT2D eigenvalue weighted by Crippen LogP contribution is 2.27. The second kappa shape index (κ2) is 6.24. The Kier molecular flexibility index (Phi) is 4.59. The van der Waals surface area contributed by atoms with Crippen LogP contribution in [0.25, 0.3) is 0 Å². The number of aliphatic hydroxyl groups excluding tert-OH is 1. The smallest absolute Gasteiger partial charge is 0.335 e. The Morgan fingerprint density at radius 3 is 2.76 bits per heavy atom. The van der Waals surface area contributed by atoms with E-state index in [-0.39, 0.29) is 12.3 Å². The molecule has 2 heterocycles. The standard InChI is InChI=1S/C15H19NO5/c1-4-12-15(19)9(2)7-11(20-12)8-14(18)21-16-10(3)5-6-13(16)17/h4,11-12,15,19H,1-3,5-8H2/t11-,12+,15-/m0/s1. The fourth-order valence-corrected chi connectivity index (χ4v) is 2.37. The summed E-state index contributed by atoms with van der Waals surface area (Å²) in [5.74, 6) is -0.856. The molecule has 0 unspecified atom stereocenters. The molecule has 2 aliphatic rings. The van der Waals surface area contributed by atoms with Crippen LogP contribution in [0, 0.1) is 0 Å². The Morgan fingerprint density at radius 1 is 1.48 bits per heavy atom. The molecule has 114 valence electrons. The Morgan fingerprint density at radius 2 is 2.19 bits per heavy atom. The first-order chi connectivity index (χ1) is 9.92. The van der Waals surface area contributed by atoms with Crippen LogP contribution in [0.4, 0.5) is 0 Å². The first kappa shape index (κ1) is 15.5. The van der Waals surface area contributed by atoms with E-state index in [1.54, 1.807) is 0 Å². The third-order valence-corrected chi connectivity index (χ3v) is 3.53. The van der Waals surface area contributed by atoms with E-state index in [4.69, 9.17) is 9.57 Å². The van der Waals surface area contributed by atoms with Gasteiger partial charge in [0.2, 0.25) is 0 Å². The van der Waals surface area contributed by atoms with Gasteiger partial charge in [-0.05, 0) is 18.4 Å². The predicted octanol–water partition coefficient (Wildman–Crippen LogP) is 1.23. The SMILES string of the molecule is C=C[C@H]1O[C@H](CC(=O)ON2C(=C)CCC2=O)CC(=C)[C@@H]1O. The van der Waals surface area contributed by atoms with Crippen molar-refractivity contribution in [2.45, 2.75) is 44.0 Å². The quantitative estimate of drug-likeness (QED) is 0.789. The van der Waals surface area contributed by atoms with Gasteiger partial charge in [0.15, 0.2) is 0 Å². The molecule has 2 saturated heterocycles. The zero-order valence-corrected chi connectivity index (χ0v) is 11.8. The molecule has 0 bridgehead atoms. The van der Waals surface area contributed by atoms with Gasteiger partial charge < -0.3 is 14.7 Å². The minimum atomic E-state index is -0.810. The minimum Gasteiger partial charge on any atom is -0.386 e. The maximum atomic E-state index is 11.9. The number of hydrogen-bond donors (Lipinski definition) is 1. The van der Waals surface area contributed by atoms with E-state index in [1.807, 2.05) is 0 Å². The summed E-state index contributed by atoms with van der Waals surface area (Å²) >= 11 is 0. The minimum absolute atomic E-state index is 0.0346. The van der Waals surface area contributed by atoms with Gasteiger partial charge in [-0.25, -0.2) is 4.79 Å². The van der Waals surface area contributed by atoms with Gasteiger partial charge in [-0.3, -0.25) is 4.79 Å². The first-order valence-corrected chi connectivity index (χ1v) is 6.77. The van der Waals surface area contributed by atoms with Crippen LogP contribution in [0.15, 0.2) is 37.1 Å². The molecule has 0 radical (unpaired) electrons. The number of aliphatic hydroxyl groups is 1. The van der Waals surface area contributed by atoms with Gasteiger partial charge >= 0.3 is 5.97 Å². The third-order valence-electron chi connectivity index (χ3n) is 3.53. The van der Waals surface area contributed by atoms with Gasteiger partial charge in [0.25, 0.3) is 5.91 Å². The van der Waals surface area contributed by atoms with Crippen molar-refractivity contribution in [2.24, 2.45) is 0 Å². The van der Waals surface area contributed by atoms with Gasteiger partial charge in [-0.15, -0.1) is 11.6 Å². The first-order valence-electron chi connectivity index (χ1n) is 6.77.